The minimum absolute atomic E-state index is 0.0359. The largest absolute Gasteiger partial charge is 0.444 e. The van der Waals surface area contributed by atoms with Gasteiger partial charge in [0.05, 0.1) is 49.8 Å². The number of sulfone groups is 1. The molecule has 1 heterocycles. The number of nitrogen functional groups attached to an aromatic ring is 1. The number of alkyl halides is 3. The predicted octanol–water partition coefficient (Wildman–Crippen LogP) is 4.94. The van der Waals surface area contributed by atoms with Crippen LogP contribution in [0.15, 0.2) is 29.2 Å². The van der Waals surface area contributed by atoms with E-state index < -0.39 is 55.5 Å². The second-order valence-corrected chi connectivity index (χ2v) is 13.6. The zero-order valence-corrected chi connectivity index (χ0v) is 26.0. The molecule has 0 bridgehead atoms. The number of anilines is 2. The van der Waals surface area contributed by atoms with Crippen LogP contribution >= 0.6 is 11.6 Å². The number of nitriles is 1. The topological polar surface area (TPSA) is 137 Å². The molecule has 0 radical (unpaired) electrons. The van der Waals surface area contributed by atoms with Gasteiger partial charge in [0.25, 0.3) is 5.91 Å². The van der Waals surface area contributed by atoms with Gasteiger partial charge in [0.2, 0.25) is 0 Å². The van der Waals surface area contributed by atoms with E-state index in [2.05, 4.69) is 0 Å². The smallest absolute Gasteiger partial charge is 0.416 e. The third-order valence-corrected chi connectivity index (χ3v) is 9.02. The van der Waals surface area contributed by atoms with E-state index in [0.29, 0.717) is 6.07 Å². The fraction of sp³-hybridized carbons (Fsp3) is 0.464. The summed E-state index contributed by atoms with van der Waals surface area (Å²) in [6.45, 7) is 7.23. The molecule has 43 heavy (non-hydrogen) atoms. The highest BCUT2D eigenvalue weighted by molar-refractivity contribution is 7.91. The highest BCUT2D eigenvalue weighted by atomic mass is 35.5. The number of hydrogen-bond donors (Lipinski definition) is 1. The van der Waals surface area contributed by atoms with Crippen LogP contribution in [0.25, 0.3) is 0 Å². The van der Waals surface area contributed by atoms with Gasteiger partial charge in [0.1, 0.15) is 5.60 Å². The van der Waals surface area contributed by atoms with E-state index >= 15 is 0 Å². The number of ether oxygens (including phenoxy) is 1. The van der Waals surface area contributed by atoms with E-state index in [1.807, 2.05) is 6.07 Å². The van der Waals surface area contributed by atoms with Crippen LogP contribution in [0.4, 0.5) is 29.3 Å². The molecule has 0 saturated carbocycles. The van der Waals surface area contributed by atoms with Crippen molar-refractivity contribution < 1.29 is 35.9 Å². The molecule has 1 aliphatic rings. The van der Waals surface area contributed by atoms with Crippen molar-refractivity contribution in [1.29, 1.82) is 5.26 Å². The van der Waals surface area contributed by atoms with Crippen LogP contribution in [0.2, 0.25) is 5.02 Å². The average molecular weight is 644 g/mol. The zero-order valence-electron chi connectivity index (χ0n) is 24.4. The first-order valence-corrected chi connectivity index (χ1v) is 15.3. The number of nitrogens with zero attached hydrogens (tertiary/aromatic N) is 4. The number of amides is 2. The third kappa shape index (κ3) is 7.70. The number of hydrogen-bond acceptors (Lipinski definition) is 8. The molecule has 234 valence electrons. The van der Waals surface area contributed by atoms with E-state index in [0.717, 1.165) is 11.0 Å². The van der Waals surface area contributed by atoms with Gasteiger partial charge in [-0.25, -0.2) is 13.2 Å². The molecule has 0 unspecified atom stereocenters. The van der Waals surface area contributed by atoms with E-state index in [-0.39, 0.29) is 60.2 Å². The molecule has 2 amide bonds. The second kappa shape index (κ2) is 12.6. The van der Waals surface area contributed by atoms with Crippen molar-refractivity contribution in [2.45, 2.75) is 50.9 Å². The van der Waals surface area contributed by atoms with E-state index in [1.54, 1.807) is 25.7 Å². The Labute approximate surface area is 253 Å². The molecule has 0 aliphatic carbocycles. The van der Waals surface area contributed by atoms with Crippen molar-refractivity contribution in [1.82, 2.24) is 9.80 Å². The Morgan fingerprint density at radius 1 is 1.14 bits per heavy atom. The molecule has 0 spiro atoms. The van der Waals surface area contributed by atoms with Crippen LogP contribution in [0.3, 0.4) is 0 Å². The molecule has 1 aliphatic heterocycles. The molecule has 3 rings (SSSR count). The van der Waals surface area contributed by atoms with E-state index in [1.165, 1.54) is 31.0 Å². The summed E-state index contributed by atoms with van der Waals surface area (Å²) in [5.41, 5.74) is 2.78. The predicted molar refractivity (Wildman–Crippen MR) is 156 cm³/mol. The molecule has 15 heteroatoms. The third-order valence-electron chi connectivity index (χ3n) is 6.82. The van der Waals surface area contributed by atoms with Gasteiger partial charge in [0.15, 0.2) is 9.84 Å². The Bertz CT molecular complexity index is 1560. The van der Waals surface area contributed by atoms with Crippen molar-refractivity contribution in [3.63, 3.8) is 0 Å². The van der Waals surface area contributed by atoms with Crippen LogP contribution in [-0.4, -0.2) is 74.8 Å². The lowest BCUT2D eigenvalue weighted by atomic mass is 9.99. The molecule has 2 aromatic carbocycles. The van der Waals surface area contributed by atoms with Gasteiger partial charge in [-0.05, 0) is 50.6 Å². The molecule has 0 atom stereocenters. The Balaban J connectivity index is 1.97. The fourth-order valence-corrected chi connectivity index (χ4v) is 5.85. The Hall–Kier alpha value is -3.54. The Morgan fingerprint density at radius 3 is 2.26 bits per heavy atom. The molecule has 1 saturated heterocycles. The first-order chi connectivity index (χ1) is 19.8. The quantitative estimate of drug-likeness (QED) is 0.437. The summed E-state index contributed by atoms with van der Waals surface area (Å²) < 4.78 is 73.8. The summed E-state index contributed by atoms with van der Waals surface area (Å²) in [5.74, 6) is -1.37. The Morgan fingerprint density at radius 2 is 1.74 bits per heavy atom. The standard InChI is InChI=1S/C28H33ClF3N5O5S/c1-6-43(40,41)22-8-7-17(15-33)13-21(22)35(5)25(38)18-14-20(28(30,31)32)19(23(29)24(18)34)16-36-9-11-37(12-10-36)26(39)42-27(2,3)4/h7-8,13-14H,6,9-12,16,34H2,1-5H3. The van der Waals surface area contributed by atoms with Crippen molar-refractivity contribution >= 4 is 44.8 Å². The van der Waals surface area contributed by atoms with Crippen LogP contribution in [-0.2, 0) is 27.3 Å². The summed E-state index contributed by atoms with van der Waals surface area (Å²) in [6, 6.07) is 6.05. The molecule has 10 nitrogen and oxygen atoms in total. The number of nitrogens with two attached hydrogens (primary N) is 1. The van der Waals surface area contributed by atoms with Crippen LogP contribution in [0, 0.1) is 11.3 Å². The van der Waals surface area contributed by atoms with E-state index in [4.69, 9.17) is 22.1 Å². The molecule has 0 aromatic heterocycles. The lowest BCUT2D eigenvalue weighted by Gasteiger charge is -2.36. The zero-order chi connectivity index (χ0) is 32.5. The van der Waals surface area contributed by atoms with Gasteiger partial charge < -0.3 is 20.3 Å². The first-order valence-electron chi connectivity index (χ1n) is 13.2. The average Bonchev–Trinajstić information content (AvgIpc) is 2.93. The van der Waals surface area contributed by atoms with Gasteiger partial charge >= 0.3 is 12.3 Å². The van der Waals surface area contributed by atoms with Gasteiger partial charge in [-0.3, -0.25) is 9.69 Å². The van der Waals surface area contributed by atoms with Crippen LogP contribution < -0.4 is 10.6 Å². The summed E-state index contributed by atoms with van der Waals surface area (Å²) in [4.78, 5) is 29.6. The number of carbonyl (C=O) groups excluding carboxylic acids is 2. The van der Waals surface area contributed by atoms with E-state index in [9.17, 15) is 36.4 Å². The van der Waals surface area contributed by atoms with Crippen LogP contribution in [0.5, 0.6) is 0 Å². The number of halogens is 4. The molecule has 2 N–H and O–H groups in total. The molecule has 2 aromatic rings. The van der Waals surface area contributed by atoms with Crippen molar-refractivity contribution in [3.8, 4) is 6.07 Å². The second-order valence-electron chi connectivity index (χ2n) is 11.0. The fourth-order valence-electron chi connectivity index (χ4n) is 4.49. The first kappa shape index (κ1) is 34.0. The molecular formula is C28H33ClF3N5O5S. The summed E-state index contributed by atoms with van der Waals surface area (Å²) >= 11 is 6.40. The van der Waals surface area contributed by atoms with Gasteiger partial charge in [0, 0.05) is 39.8 Å². The molecule has 1 fully saturated rings. The van der Waals surface area contributed by atoms with Crippen LogP contribution in [0.1, 0.15) is 54.7 Å². The summed E-state index contributed by atoms with van der Waals surface area (Å²) in [6.07, 6.45) is -5.44. The minimum atomic E-state index is -4.92. The maximum Gasteiger partial charge on any atom is 0.416 e. The lowest BCUT2D eigenvalue weighted by Crippen LogP contribution is -2.49. The number of piperazine rings is 1. The minimum Gasteiger partial charge on any atom is -0.444 e. The highest BCUT2D eigenvalue weighted by Gasteiger charge is 2.38. The van der Waals surface area contributed by atoms with Gasteiger partial charge in [-0.1, -0.05) is 18.5 Å². The normalized spacial score (nSPS) is 14.7. The molecular weight excluding hydrogens is 611 g/mol. The van der Waals surface area contributed by atoms with Crippen molar-refractivity contribution in [3.05, 3.63) is 51.5 Å². The maximum atomic E-state index is 14.3. The summed E-state index contributed by atoms with van der Waals surface area (Å²) in [5, 5.41) is 8.85. The number of benzene rings is 2. The SMILES string of the molecule is CCS(=O)(=O)c1ccc(C#N)cc1N(C)C(=O)c1cc(C(F)(F)F)c(CN2CCN(C(=O)OC(C)(C)C)CC2)c(Cl)c1N. The monoisotopic (exact) mass is 643 g/mol. The van der Waals surface area contributed by atoms with Crippen molar-refractivity contribution in [2.24, 2.45) is 0 Å². The number of carbonyl (C=O) groups is 2. The number of rotatable bonds is 6. The lowest BCUT2D eigenvalue weighted by molar-refractivity contribution is -0.138. The Kier molecular flexibility index (Phi) is 9.95. The maximum absolute atomic E-state index is 14.3. The van der Waals surface area contributed by atoms with Gasteiger partial charge in [-0.15, -0.1) is 0 Å². The van der Waals surface area contributed by atoms with Gasteiger partial charge in [-0.2, -0.15) is 18.4 Å². The highest BCUT2D eigenvalue weighted by Crippen LogP contribution is 2.41. The summed E-state index contributed by atoms with van der Waals surface area (Å²) in [7, 11) is -2.71. The van der Waals surface area contributed by atoms with Crippen molar-refractivity contribution in [2.75, 3.05) is 49.6 Å².